The molecule has 1 amide bonds. The van der Waals surface area contributed by atoms with Gasteiger partial charge in [0.2, 0.25) is 11.6 Å². The molecule has 5 heterocycles. The third-order valence-corrected chi connectivity index (χ3v) is 13.3. The van der Waals surface area contributed by atoms with Crippen LogP contribution in [0, 0.1) is 5.92 Å². The van der Waals surface area contributed by atoms with E-state index in [1.807, 2.05) is 0 Å². The van der Waals surface area contributed by atoms with Crippen LogP contribution in [0.25, 0.3) is 0 Å². The first kappa shape index (κ1) is 45.8. The van der Waals surface area contributed by atoms with Gasteiger partial charge in [0.15, 0.2) is 11.6 Å². The molecule has 8 atom stereocenters. The zero-order valence-corrected chi connectivity index (χ0v) is 35.9. The molecule has 2 fully saturated rings. The lowest BCUT2D eigenvalue weighted by Gasteiger charge is -2.50. The maximum Gasteiger partial charge on any atom is 0.350 e. The first-order valence-electron chi connectivity index (χ1n) is 23.5. The average Bonchev–Trinajstić information content (AvgIpc) is 3.49. The number of guanidine groups is 1. The van der Waals surface area contributed by atoms with E-state index >= 15 is 0 Å². The van der Waals surface area contributed by atoms with Gasteiger partial charge in [-0.3, -0.25) is 14.2 Å². The lowest BCUT2D eigenvalue weighted by Crippen LogP contribution is -2.76. The van der Waals surface area contributed by atoms with E-state index in [9.17, 15) is 14.7 Å². The van der Waals surface area contributed by atoms with Crippen molar-refractivity contribution in [2.45, 2.75) is 216 Å². The molecule has 0 unspecified atom stereocenters. The van der Waals surface area contributed by atoms with Gasteiger partial charge in [-0.05, 0) is 84.2 Å². The fourth-order valence-electron chi connectivity index (χ4n) is 10.3. The Morgan fingerprint density at radius 1 is 0.930 bits per heavy atom. The Kier molecular flexibility index (Phi) is 18.9. The van der Waals surface area contributed by atoms with Crippen LogP contribution >= 0.6 is 0 Å². The zero-order valence-electron chi connectivity index (χ0n) is 35.9. The van der Waals surface area contributed by atoms with Gasteiger partial charge in [-0.25, -0.2) is 10.6 Å². The lowest BCUT2D eigenvalue weighted by atomic mass is 9.80. The minimum atomic E-state index is -0.761. The van der Waals surface area contributed by atoms with Crippen LogP contribution in [0.2, 0.25) is 0 Å². The molecular formula is C45H81N6O6+. The summed E-state index contributed by atoms with van der Waals surface area (Å²) < 4.78 is 22.1. The predicted molar refractivity (Wildman–Crippen MR) is 225 cm³/mol. The number of rotatable bonds is 25. The van der Waals surface area contributed by atoms with Crippen molar-refractivity contribution in [3.05, 3.63) is 12.2 Å². The molecule has 5 aliphatic heterocycles. The van der Waals surface area contributed by atoms with Gasteiger partial charge in [0.1, 0.15) is 0 Å². The number of ether oxygens (including phenoxy) is 3. The number of aliphatic hydroxyl groups is 1. The molecule has 0 aliphatic carbocycles. The molecule has 5 aliphatic rings. The zero-order chi connectivity index (χ0) is 40.5. The van der Waals surface area contributed by atoms with Crippen LogP contribution in [0.5, 0.6) is 0 Å². The highest BCUT2D eigenvalue weighted by molar-refractivity contribution is 5.82. The molecule has 0 aromatic heterocycles. The third-order valence-electron chi connectivity index (χ3n) is 13.3. The van der Waals surface area contributed by atoms with E-state index in [0.717, 1.165) is 95.9 Å². The number of unbranched alkanes of at least 4 members (excludes halogenated alkanes) is 12. The highest BCUT2D eigenvalue weighted by Gasteiger charge is 2.64. The van der Waals surface area contributed by atoms with Crippen molar-refractivity contribution in [2.75, 3.05) is 32.8 Å². The van der Waals surface area contributed by atoms with Gasteiger partial charge in [0, 0.05) is 38.8 Å². The summed E-state index contributed by atoms with van der Waals surface area (Å²) in [7, 11) is 0. The Morgan fingerprint density at radius 2 is 1.63 bits per heavy atom. The van der Waals surface area contributed by atoms with Gasteiger partial charge in [-0.15, -0.1) is 0 Å². The number of amides is 1. The minimum absolute atomic E-state index is 0.0619. The average molecular weight is 802 g/mol. The molecule has 2 saturated heterocycles. The first-order chi connectivity index (χ1) is 27.7. The maximum absolute atomic E-state index is 14.1. The summed E-state index contributed by atoms with van der Waals surface area (Å²) in [4.78, 5) is 28.5. The number of esters is 1. The quantitative estimate of drug-likeness (QED) is 0.0315. The molecule has 0 aromatic carbocycles. The van der Waals surface area contributed by atoms with E-state index in [-0.39, 0.29) is 36.0 Å². The van der Waals surface area contributed by atoms with Gasteiger partial charge in [-0.1, -0.05) is 89.7 Å². The molecular weight excluding hydrogens is 721 g/mol. The third kappa shape index (κ3) is 13.1. The van der Waals surface area contributed by atoms with Crippen LogP contribution in [0.4, 0.5) is 0 Å². The number of nitrogens with zero attached hydrogens (tertiary/aromatic N) is 2. The second-order valence-electron chi connectivity index (χ2n) is 17.9. The van der Waals surface area contributed by atoms with Crippen molar-refractivity contribution < 1.29 is 33.5 Å². The van der Waals surface area contributed by atoms with Crippen LogP contribution in [0.15, 0.2) is 12.2 Å². The highest BCUT2D eigenvalue weighted by atomic mass is 16.6. The van der Waals surface area contributed by atoms with Crippen molar-refractivity contribution in [2.24, 2.45) is 17.4 Å². The largest absolute Gasteiger partial charge is 0.465 e. The molecule has 5 rings (SSSR count). The Labute approximate surface area is 344 Å². The van der Waals surface area contributed by atoms with Crippen LogP contribution in [-0.4, -0.2) is 107 Å². The second-order valence-corrected chi connectivity index (χ2v) is 17.9. The summed E-state index contributed by atoms with van der Waals surface area (Å²) in [6.07, 6.45) is 29.7. The second kappa shape index (κ2) is 23.5. The number of aliphatic hydroxyl groups excluding tert-OH is 1. The van der Waals surface area contributed by atoms with Gasteiger partial charge < -0.3 is 35.7 Å². The van der Waals surface area contributed by atoms with E-state index < -0.39 is 17.6 Å². The SMILES string of the molecule is CC[C@H]1C=CCC[C@@]2(C[C@@H]3CC[C@H]4[C@H](C(=O)OCCCCCCCCCCCCCCCC(=O)N(CCCN)C[C@@H](O)CCN)[C@@]5(CCC[C@@H](C)O5)NC(=[N+]34)N2)O1. The van der Waals surface area contributed by atoms with E-state index in [1.165, 1.54) is 57.8 Å². The molecule has 0 radical (unpaired) electrons. The van der Waals surface area contributed by atoms with E-state index in [1.54, 1.807) is 4.90 Å². The standard InChI is InChI=1S/C45H80N6O6/c1-3-38-22-16-17-27-44(57-38)33-36-24-25-39-41(45(28-19-21-35(2)56-45)49-43(48-44)51(36)39)42(54)55-32-18-14-12-10-8-6-4-5-7-9-11-13-15-23-40(53)50(31-20-29-46)34-37(52)26-30-47/h16,22,35-39,41,52H,3-15,17-21,23-34,46-47H2,1-2H3,(H,48,49)/p+1/t35-,36+,37+,38+,39+,41-,44+,45+/m1/s1. The lowest BCUT2D eigenvalue weighted by molar-refractivity contribution is -0.609. The minimum Gasteiger partial charge on any atom is -0.465 e. The molecule has 57 heavy (non-hydrogen) atoms. The van der Waals surface area contributed by atoms with Crippen molar-refractivity contribution in [3.63, 3.8) is 0 Å². The van der Waals surface area contributed by atoms with Gasteiger partial charge in [0.05, 0.1) is 37.0 Å². The van der Waals surface area contributed by atoms with E-state index in [2.05, 4.69) is 41.2 Å². The summed E-state index contributed by atoms with van der Waals surface area (Å²) in [6, 6.07) is 0.391. The fourth-order valence-corrected chi connectivity index (χ4v) is 10.3. The number of hydrogen-bond donors (Lipinski definition) is 5. The number of nitrogens with two attached hydrogens (primary N) is 2. The Morgan fingerprint density at radius 3 is 2.30 bits per heavy atom. The smallest absolute Gasteiger partial charge is 0.350 e. The number of nitrogens with one attached hydrogen (secondary N) is 2. The van der Waals surface area contributed by atoms with E-state index in [4.69, 9.17) is 25.7 Å². The molecule has 12 heteroatoms. The van der Waals surface area contributed by atoms with Gasteiger partial charge in [-0.2, -0.15) is 0 Å². The fraction of sp³-hybridized carbons (Fsp3) is 0.889. The highest BCUT2D eigenvalue weighted by Crippen LogP contribution is 2.45. The van der Waals surface area contributed by atoms with Crippen LogP contribution in [-0.2, 0) is 23.8 Å². The first-order valence-corrected chi connectivity index (χ1v) is 23.5. The number of carbonyl (C=O) groups excluding carboxylic acids is 2. The van der Waals surface area contributed by atoms with Gasteiger partial charge in [0.25, 0.3) is 0 Å². The van der Waals surface area contributed by atoms with Crippen LogP contribution in [0.3, 0.4) is 0 Å². The Hall–Kier alpha value is -2.25. The monoisotopic (exact) mass is 802 g/mol. The Bertz CT molecular complexity index is 1300. The summed E-state index contributed by atoms with van der Waals surface area (Å²) >= 11 is 0. The molecule has 7 N–H and O–H groups in total. The summed E-state index contributed by atoms with van der Waals surface area (Å²) in [5, 5.41) is 17.8. The Balaban J connectivity index is 0.941. The summed E-state index contributed by atoms with van der Waals surface area (Å²) in [5.41, 5.74) is 10.0. The van der Waals surface area contributed by atoms with Crippen LogP contribution < -0.4 is 22.1 Å². The molecule has 0 bridgehead atoms. The maximum atomic E-state index is 14.1. The molecule has 0 aromatic rings. The number of carbonyl (C=O) groups is 2. The molecule has 0 saturated carbocycles. The topological polar surface area (TPSA) is 164 Å². The van der Waals surface area contributed by atoms with Crippen molar-refractivity contribution >= 4 is 17.8 Å². The van der Waals surface area contributed by atoms with E-state index in [0.29, 0.717) is 51.7 Å². The number of allylic oxidation sites excluding steroid dienone is 1. The summed E-state index contributed by atoms with van der Waals surface area (Å²) in [5.74, 6) is 0.653. The van der Waals surface area contributed by atoms with Crippen molar-refractivity contribution in [3.8, 4) is 0 Å². The normalized spacial score (nSPS) is 29.8. The number of hydrogen-bond acceptors (Lipinski definition) is 10. The van der Waals surface area contributed by atoms with Crippen LogP contribution in [0.1, 0.15) is 174 Å². The molecule has 12 nitrogen and oxygen atoms in total. The predicted octanol–water partition coefficient (Wildman–Crippen LogP) is 6.12. The molecule has 2 spiro atoms. The van der Waals surface area contributed by atoms with Gasteiger partial charge >= 0.3 is 11.9 Å². The van der Waals surface area contributed by atoms with Crippen molar-refractivity contribution in [1.29, 1.82) is 0 Å². The summed E-state index contributed by atoms with van der Waals surface area (Å²) in [6.45, 7) is 6.73. The van der Waals surface area contributed by atoms with Crippen molar-refractivity contribution in [1.82, 2.24) is 15.5 Å². The molecule has 326 valence electrons.